The van der Waals surface area contributed by atoms with Gasteiger partial charge in [-0.1, -0.05) is 11.6 Å². The van der Waals surface area contributed by atoms with Crippen LogP contribution in [0.4, 0.5) is 0 Å². The second-order valence-corrected chi connectivity index (χ2v) is 5.09. The lowest BCUT2D eigenvalue weighted by atomic mass is 10.4. The van der Waals surface area contributed by atoms with Crippen molar-refractivity contribution in [3.8, 4) is 0 Å². The molecule has 0 aliphatic rings. The van der Waals surface area contributed by atoms with Crippen LogP contribution in [0.25, 0.3) is 0 Å². The topological polar surface area (TPSA) is 79.3 Å². The number of rotatable bonds is 4. The zero-order valence-electron chi connectivity index (χ0n) is 8.01. The van der Waals surface area contributed by atoms with Crippen LogP contribution in [0.1, 0.15) is 6.92 Å². The lowest BCUT2D eigenvalue weighted by Gasteiger charge is -2.08. The number of nitrogens with zero attached hydrogens (tertiary/aromatic N) is 1. The zero-order valence-corrected chi connectivity index (χ0v) is 9.59. The molecule has 0 fully saturated rings. The van der Waals surface area contributed by atoms with E-state index in [9.17, 15) is 8.42 Å². The molecular weight excluding hydrogens is 240 g/mol. The summed E-state index contributed by atoms with van der Waals surface area (Å²) in [5.74, 6) is 0. The number of aromatic nitrogens is 1. The van der Waals surface area contributed by atoms with E-state index in [0.29, 0.717) is 0 Å². The van der Waals surface area contributed by atoms with Gasteiger partial charge in [-0.15, -0.1) is 0 Å². The summed E-state index contributed by atoms with van der Waals surface area (Å²) in [6.45, 7) is 1.42. The SMILES string of the molecule is CC(O)CNS(=O)(=O)c1cccnc1Cl. The number of halogens is 1. The molecule has 0 radical (unpaired) electrons. The van der Waals surface area contributed by atoms with E-state index in [2.05, 4.69) is 9.71 Å². The van der Waals surface area contributed by atoms with E-state index in [4.69, 9.17) is 16.7 Å². The summed E-state index contributed by atoms with van der Waals surface area (Å²) < 4.78 is 25.4. The molecule has 0 aliphatic carbocycles. The Hall–Kier alpha value is -0.690. The molecule has 5 nitrogen and oxygen atoms in total. The second-order valence-electron chi connectivity index (χ2n) is 2.99. The molecule has 1 aromatic heterocycles. The summed E-state index contributed by atoms with van der Waals surface area (Å²) in [5, 5.41) is 8.87. The van der Waals surface area contributed by atoms with Crippen LogP contribution < -0.4 is 4.72 Å². The number of aliphatic hydroxyl groups is 1. The number of pyridine rings is 1. The number of aliphatic hydroxyl groups excluding tert-OH is 1. The average molecular weight is 251 g/mol. The van der Waals surface area contributed by atoms with Crippen LogP contribution in [-0.2, 0) is 10.0 Å². The Labute approximate surface area is 93.2 Å². The van der Waals surface area contributed by atoms with E-state index >= 15 is 0 Å². The van der Waals surface area contributed by atoms with Crippen LogP contribution in [0.3, 0.4) is 0 Å². The maximum atomic E-state index is 11.6. The van der Waals surface area contributed by atoms with E-state index in [1.54, 1.807) is 0 Å². The van der Waals surface area contributed by atoms with Crippen molar-refractivity contribution in [3.63, 3.8) is 0 Å². The highest BCUT2D eigenvalue weighted by molar-refractivity contribution is 7.89. The van der Waals surface area contributed by atoms with Gasteiger partial charge in [-0.3, -0.25) is 0 Å². The molecule has 0 saturated carbocycles. The first-order valence-electron chi connectivity index (χ1n) is 4.22. The van der Waals surface area contributed by atoms with E-state index < -0.39 is 16.1 Å². The maximum Gasteiger partial charge on any atom is 0.243 e. The molecule has 1 rings (SSSR count). The van der Waals surface area contributed by atoms with Gasteiger partial charge in [0, 0.05) is 12.7 Å². The van der Waals surface area contributed by atoms with Crippen LogP contribution in [0, 0.1) is 0 Å². The lowest BCUT2D eigenvalue weighted by molar-refractivity contribution is 0.198. The number of hydrogen-bond acceptors (Lipinski definition) is 4. The molecule has 1 atom stereocenters. The normalized spacial score (nSPS) is 13.8. The molecule has 0 saturated heterocycles. The molecule has 0 bridgehead atoms. The van der Waals surface area contributed by atoms with Crippen molar-refractivity contribution in [2.24, 2.45) is 0 Å². The van der Waals surface area contributed by atoms with Gasteiger partial charge >= 0.3 is 0 Å². The van der Waals surface area contributed by atoms with Crippen LogP contribution >= 0.6 is 11.6 Å². The van der Waals surface area contributed by atoms with E-state index in [-0.39, 0.29) is 16.6 Å². The lowest BCUT2D eigenvalue weighted by Crippen LogP contribution is -2.30. The zero-order chi connectivity index (χ0) is 11.5. The van der Waals surface area contributed by atoms with Crippen molar-refractivity contribution in [1.82, 2.24) is 9.71 Å². The molecule has 0 aliphatic heterocycles. The average Bonchev–Trinajstić information content (AvgIpc) is 2.15. The van der Waals surface area contributed by atoms with E-state index in [1.807, 2.05) is 0 Å². The first kappa shape index (κ1) is 12.4. The summed E-state index contributed by atoms with van der Waals surface area (Å²) in [6, 6.07) is 2.82. The Balaban J connectivity index is 2.92. The third-order valence-corrected chi connectivity index (χ3v) is 3.45. The Morgan fingerprint density at radius 3 is 2.87 bits per heavy atom. The van der Waals surface area contributed by atoms with Crippen molar-refractivity contribution < 1.29 is 13.5 Å². The third kappa shape index (κ3) is 3.42. The monoisotopic (exact) mass is 250 g/mol. The van der Waals surface area contributed by atoms with Crippen LogP contribution in [0.5, 0.6) is 0 Å². The molecular formula is C8H11ClN2O3S. The molecule has 1 heterocycles. The second kappa shape index (κ2) is 4.89. The van der Waals surface area contributed by atoms with Crippen molar-refractivity contribution in [1.29, 1.82) is 0 Å². The molecule has 15 heavy (non-hydrogen) atoms. The molecule has 1 unspecified atom stereocenters. The van der Waals surface area contributed by atoms with Gasteiger partial charge in [0.1, 0.15) is 10.0 Å². The van der Waals surface area contributed by atoms with Crippen molar-refractivity contribution in [2.45, 2.75) is 17.9 Å². The van der Waals surface area contributed by atoms with E-state index in [0.717, 1.165) is 0 Å². The molecule has 84 valence electrons. The fourth-order valence-corrected chi connectivity index (χ4v) is 2.45. The fourth-order valence-electron chi connectivity index (χ4n) is 0.880. The minimum atomic E-state index is -3.69. The number of sulfonamides is 1. The van der Waals surface area contributed by atoms with Crippen molar-refractivity contribution in [3.05, 3.63) is 23.5 Å². The first-order chi connectivity index (χ1) is 6.93. The van der Waals surface area contributed by atoms with Gasteiger partial charge in [0.05, 0.1) is 6.10 Å². The predicted octanol–water partition coefficient (Wildman–Crippen LogP) is 0.394. The van der Waals surface area contributed by atoms with Crippen LogP contribution in [0.15, 0.2) is 23.2 Å². The number of nitrogens with one attached hydrogen (secondary N) is 1. The minimum absolute atomic E-state index is 0.0619. The Bertz CT molecular complexity index is 433. The summed E-state index contributed by atoms with van der Waals surface area (Å²) in [5.41, 5.74) is 0. The first-order valence-corrected chi connectivity index (χ1v) is 6.08. The van der Waals surface area contributed by atoms with Crippen molar-refractivity contribution in [2.75, 3.05) is 6.54 Å². The van der Waals surface area contributed by atoms with Crippen LogP contribution in [0.2, 0.25) is 5.15 Å². The van der Waals surface area contributed by atoms with Gasteiger partial charge in [0.15, 0.2) is 0 Å². The summed E-state index contributed by atoms with van der Waals surface area (Å²) >= 11 is 5.63. The van der Waals surface area contributed by atoms with Gasteiger partial charge in [0.25, 0.3) is 0 Å². The largest absolute Gasteiger partial charge is 0.392 e. The molecule has 7 heteroatoms. The highest BCUT2D eigenvalue weighted by Crippen LogP contribution is 2.17. The van der Waals surface area contributed by atoms with Gasteiger partial charge in [-0.25, -0.2) is 18.1 Å². The van der Waals surface area contributed by atoms with Crippen molar-refractivity contribution >= 4 is 21.6 Å². The summed E-state index contributed by atoms with van der Waals surface area (Å²) in [6.07, 6.45) is 0.644. The maximum absolute atomic E-state index is 11.6. The summed E-state index contributed by atoms with van der Waals surface area (Å²) in [7, 11) is -3.69. The van der Waals surface area contributed by atoms with Gasteiger partial charge in [-0.05, 0) is 19.1 Å². The highest BCUT2D eigenvalue weighted by Gasteiger charge is 2.18. The standard InChI is InChI=1S/C8H11ClN2O3S/c1-6(12)5-11-15(13,14)7-3-2-4-10-8(7)9/h2-4,6,11-12H,5H2,1H3. The quantitative estimate of drug-likeness (QED) is 0.758. The Morgan fingerprint density at radius 1 is 1.67 bits per heavy atom. The molecule has 2 N–H and O–H groups in total. The van der Waals surface area contributed by atoms with Crippen LogP contribution in [-0.4, -0.2) is 31.2 Å². The smallest absolute Gasteiger partial charge is 0.243 e. The van der Waals surface area contributed by atoms with E-state index in [1.165, 1.54) is 25.3 Å². The fraction of sp³-hybridized carbons (Fsp3) is 0.375. The van der Waals surface area contributed by atoms with Gasteiger partial charge in [0.2, 0.25) is 10.0 Å². The minimum Gasteiger partial charge on any atom is -0.392 e. The Kier molecular flexibility index (Phi) is 4.04. The molecule has 0 spiro atoms. The number of hydrogen-bond donors (Lipinski definition) is 2. The third-order valence-electron chi connectivity index (χ3n) is 1.58. The molecule has 0 amide bonds. The summed E-state index contributed by atoms with van der Waals surface area (Å²) in [4.78, 5) is 3.57. The molecule has 1 aromatic rings. The Morgan fingerprint density at radius 2 is 2.33 bits per heavy atom. The highest BCUT2D eigenvalue weighted by atomic mass is 35.5. The predicted molar refractivity (Wildman–Crippen MR) is 56.1 cm³/mol. The van der Waals surface area contributed by atoms with Gasteiger partial charge < -0.3 is 5.11 Å². The van der Waals surface area contributed by atoms with Gasteiger partial charge in [-0.2, -0.15) is 0 Å². The molecule has 0 aromatic carbocycles.